The minimum atomic E-state index is 0.0833. The van der Waals surface area contributed by atoms with E-state index in [0.29, 0.717) is 5.92 Å². The normalized spacial score (nSPS) is 12.9. The van der Waals surface area contributed by atoms with E-state index in [4.69, 9.17) is 12.6 Å². The summed E-state index contributed by atoms with van der Waals surface area (Å²) in [5.74, 6) is 0.613. The van der Waals surface area contributed by atoms with Gasteiger partial charge in [0.05, 0.1) is 0 Å². The molecule has 1 radical (unpaired) electrons. The van der Waals surface area contributed by atoms with Crippen LogP contribution in [0.2, 0.25) is 0 Å². The van der Waals surface area contributed by atoms with Crippen molar-refractivity contribution in [2.45, 2.75) is 32.4 Å². The van der Waals surface area contributed by atoms with E-state index in [9.17, 15) is 0 Å². The highest BCUT2D eigenvalue weighted by Crippen LogP contribution is 2.21. The summed E-state index contributed by atoms with van der Waals surface area (Å²) < 4.78 is 0.0833. The molecule has 0 fully saturated rings. The van der Waals surface area contributed by atoms with Gasteiger partial charge in [-0.25, -0.2) is 0 Å². The van der Waals surface area contributed by atoms with Gasteiger partial charge in [-0.1, -0.05) is 26.5 Å². The van der Waals surface area contributed by atoms with Crippen molar-refractivity contribution in [3.63, 3.8) is 0 Å². The number of hydrogen-bond donors (Lipinski definition) is 0. The summed E-state index contributed by atoms with van der Waals surface area (Å²) in [6, 6.07) is 0. The Labute approximate surface area is 51.7 Å². The number of rotatable bonds is 1. The minimum absolute atomic E-state index is 0.0833. The smallest absolute Gasteiger partial charge is 0.0230 e. The Morgan fingerprint density at radius 2 is 1.43 bits per heavy atom. The predicted octanol–water partition coefficient (Wildman–Crippen LogP) is 2.62. The van der Waals surface area contributed by atoms with Gasteiger partial charge in [0.15, 0.2) is 0 Å². The fourth-order valence-electron chi connectivity index (χ4n) is 0. The zero-order valence-corrected chi connectivity index (χ0v) is 6.30. The van der Waals surface area contributed by atoms with Crippen LogP contribution in [0, 0.1) is 5.92 Å². The lowest BCUT2D eigenvalue weighted by Crippen LogP contribution is -2.18. The average Bonchev–Trinajstić information content (AvgIpc) is 1.31. The fraction of sp³-hybridized carbons (Fsp3) is 1.00. The summed E-state index contributed by atoms with van der Waals surface area (Å²) in [5, 5.41) is 0. The molecule has 0 aromatic heterocycles. The van der Waals surface area contributed by atoms with Crippen molar-refractivity contribution in [3.8, 4) is 0 Å². The van der Waals surface area contributed by atoms with E-state index < -0.39 is 0 Å². The van der Waals surface area contributed by atoms with E-state index in [-0.39, 0.29) is 4.75 Å². The lowest BCUT2D eigenvalue weighted by molar-refractivity contribution is 0.508. The molecule has 0 heterocycles. The highest BCUT2D eigenvalue weighted by molar-refractivity contribution is 7.81. The molecule has 43 valence electrons. The molecule has 0 nitrogen and oxygen atoms in total. The zero-order valence-electron chi connectivity index (χ0n) is 5.49. The van der Waals surface area contributed by atoms with Gasteiger partial charge in [0.2, 0.25) is 0 Å². The summed E-state index contributed by atoms with van der Waals surface area (Å²) in [5.41, 5.74) is 0. The van der Waals surface area contributed by atoms with Gasteiger partial charge >= 0.3 is 0 Å². The molecule has 0 saturated heterocycles. The van der Waals surface area contributed by atoms with Crippen molar-refractivity contribution < 1.29 is 0 Å². The molecule has 0 bridgehead atoms. The van der Waals surface area contributed by atoms with Crippen LogP contribution in [0.4, 0.5) is 0 Å². The topological polar surface area (TPSA) is 0 Å². The molecule has 0 rings (SSSR count). The van der Waals surface area contributed by atoms with Gasteiger partial charge < -0.3 is 0 Å². The molecule has 0 aliphatic heterocycles. The quantitative estimate of drug-likeness (QED) is 0.495. The second kappa shape index (κ2) is 2.08. The largest absolute Gasteiger partial charge is 0.0871 e. The molecule has 0 aromatic carbocycles. The van der Waals surface area contributed by atoms with Gasteiger partial charge in [-0.15, -0.1) is 0 Å². The Hall–Kier alpha value is 0.350. The molecule has 0 N–H and O–H groups in total. The van der Waals surface area contributed by atoms with Crippen molar-refractivity contribution in [2.75, 3.05) is 0 Å². The Morgan fingerprint density at radius 1 is 1.29 bits per heavy atom. The van der Waals surface area contributed by atoms with Crippen LogP contribution in [0.5, 0.6) is 0 Å². The molecule has 0 atom stereocenters. The van der Waals surface area contributed by atoms with E-state index in [0.717, 1.165) is 0 Å². The van der Waals surface area contributed by atoms with Gasteiger partial charge in [0.25, 0.3) is 0 Å². The van der Waals surface area contributed by atoms with Crippen LogP contribution in [0.3, 0.4) is 0 Å². The van der Waals surface area contributed by atoms with Crippen molar-refractivity contribution >= 4 is 12.6 Å². The van der Waals surface area contributed by atoms with E-state index in [1.807, 2.05) is 0 Å². The third-order valence-corrected chi connectivity index (χ3v) is 1.86. The predicted molar refractivity (Wildman–Crippen MR) is 36.5 cm³/mol. The summed E-state index contributed by atoms with van der Waals surface area (Å²) in [6.45, 7) is 8.44. The number of hydrogen-bond acceptors (Lipinski definition) is 0. The van der Waals surface area contributed by atoms with Crippen LogP contribution in [-0.4, -0.2) is 4.75 Å². The first-order valence-corrected chi connectivity index (χ1v) is 3.06. The Morgan fingerprint density at radius 3 is 1.43 bits per heavy atom. The second-order valence-corrected chi connectivity index (χ2v) is 3.81. The molecule has 0 aromatic rings. The maximum absolute atomic E-state index is 5.11. The average molecular weight is 117 g/mol. The van der Waals surface area contributed by atoms with Gasteiger partial charge in [0, 0.05) is 4.75 Å². The third-order valence-electron chi connectivity index (χ3n) is 1.39. The summed E-state index contributed by atoms with van der Waals surface area (Å²) in [7, 11) is 0. The van der Waals surface area contributed by atoms with E-state index in [2.05, 4.69) is 27.7 Å². The van der Waals surface area contributed by atoms with Crippen molar-refractivity contribution in [2.24, 2.45) is 5.92 Å². The summed E-state index contributed by atoms with van der Waals surface area (Å²) in [4.78, 5) is 0. The standard InChI is InChI=1S/C6H13S/c1-5(2)6(3,4)7/h5H,1-4H3. The summed E-state index contributed by atoms with van der Waals surface area (Å²) >= 11 is 5.11. The SMILES string of the molecule is CC(C)C(C)(C)[S]. The molecule has 1 heteroatoms. The van der Waals surface area contributed by atoms with Crippen molar-refractivity contribution in [1.82, 2.24) is 0 Å². The van der Waals surface area contributed by atoms with Crippen LogP contribution < -0.4 is 0 Å². The van der Waals surface area contributed by atoms with E-state index >= 15 is 0 Å². The first-order valence-electron chi connectivity index (χ1n) is 2.65. The zero-order chi connectivity index (χ0) is 6.08. The molecule has 0 amide bonds. The Balaban J connectivity index is 3.54. The van der Waals surface area contributed by atoms with Gasteiger partial charge in [0.1, 0.15) is 0 Å². The maximum atomic E-state index is 5.11. The first-order chi connectivity index (χ1) is 2.94. The molecule has 0 spiro atoms. The van der Waals surface area contributed by atoms with Gasteiger partial charge in [-0.3, -0.25) is 0 Å². The third kappa shape index (κ3) is 2.98. The highest BCUT2D eigenvalue weighted by atomic mass is 32.1. The molecule has 0 saturated carbocycles. The van der Waals surface area contributed by atoms with Crippen LogP contribution >= 0.6 is 12.6 Å². The second-order valence-electron chi connectivity index (χ2n) is 2.76. The molecule has 0 unspecified atom stereocenters. The summed E-state index contributed by atoms with van der Waals surface area (Å²) in [6.07, 6.45) is 0. The lowest BCUT2D eigenvalue weighted by Gasteiger charge is -2.20. The molecular weight excluding hydrogens is 104 g/mol. The van der Waals surface area contributed by atoms with E-state index in [1.54, 1.807) is 0 Å². The van der Waals surface area contributed by atoms with Crippen LogP contribution in [0.1, 0.15) is 27.7 Å². The molecular formula is C6H13S. The van der Waals surface area contributed by atoms with Gasteiger partial charge in [-0.05, 0) is 19.8 Å². The lowest BCUT2D eigenvalue weighted by atomic mass is 10.00. The van der Waals surface area contributed by atoms with Crippen LogP contribution in [0.25, 0.3) is 0 Å². The fourth-order valence-corrected chi connectivity index (χ4v) is 0. The van der Waals surface area contributed by atoms with Crippen LogP contribution in [-0.2, 0) is 0 Å². The van der Waals surface area contributed by atoms with E-state index in [1.165, 1.54) is 0 Å². The molecule has 0 aliphatic carbocycles. The van der Waals surface area contributed by atoms with Crippen molar-refractivity contribution in [1.29, 1.82) is 0 Å². The Kier molecular flexibility index (Phi) is 2.18. The first kappa shape index (κ1) is 7.35. The molecule has 0 aliphatic rings. The monoisotopic (exact) mass is 117 g/mol. The van der Waals surface area contributed by atoms with Crippen LogP contribution in [0.15, 0.2) is 0 Å². The molecule has 7 heavy (non-hydrogen) atoms. The van der Waals surface area contributed by atoms with Crippen molar-refractivity contribution in [3.05, 3.63) is 0 Å². The maximum Gasteiger partial charge on any atom is 0.0230 e. The van der Waals surface area contributed by atoms with Gasteiger partial charge in [-0.2, -0.15) is 0 Å². The Bertz CT molecular complexity index is 49.7. The highest BCUT2D eigenvalue weighted by Gasteiger charge is 2.16. The minimum Gasteiger partial charge on any atom is -0.0871 e.